The minimum absolute atomic E-state index is 0.191. The van der Waals surface area contributed by atoms with Gasteiger partial charge in [-0.25, -0.2) is 4.98 Å². The molecule has 0 aliphatic carbocycles. The number of hydrogen-bond donors (Lipinski definition) is 2. The zero-order valence-electron chi connectivity index (χ0n) is 13.2. The number of rotatable bonds is 7. The van der Waals surface area contributed by atoms with Crippen molar-refractivity contribution in [3.63, 3.8) is 0 Å². The van der Waals surface area contributed by atoms with Crippen LogP contribution in [0.3, 0.4) is 0 Å². The molecule has 122 valence electrons. The molecule has 2 rings (SSSR count). The van der Waals surface area contributed by atoms with Crippen LogP contribution in [0.4, 0.5) is 0 Å². The molecular formula is C16H20N4O3. The van der Waals surface area contributed by atoms with Crippen LogP contribution in [0.2, 0.25) is 0 Å². The number of nitrogens with one attached hydrogen (secondary N) is 2. The average Bonchev–Trinajstić information content (AvgIpc) is 3.05. The predicted octanol–water partition coefficient (Wildman–Crippen LogP) is 0.896. The first kappa shape index (κ1) is 16.7. The molecule has 0 bridgehead atoms. The van der Waals surface area contributed by atoms with Crippen LogP contribution in [0.15, 0.2) is 41.0 Å². The molecule has 7 heteroatoms. The van der Waals surface area contributed by atoms with E-state index in [4.69, 9.17) is 4.42 Å². The van der Waals surface area contributed by atoms with E-state index in [0.29, 0.717) is 12.3 Å². The molecule has 2 heterocycles. The minimum Gasteiger partial charge on any atom is -0.467 e. The maximum atomic E-state index is 12.1. The van der Waals surface area contributed by atoms with Crippen molar-refractivity contribution in [1.82, 2.24) is 20.5 Å². The van der Waals surface area contributed by atoms with Gasteiger partial charge in [-0.3, -0.25) is 9.59 Å². The van der Waals surface area contributed by atoms with Gasteiger partial charge in [0.05, 0.1) is 12.8 Å². The topological polar surface area (TPSA) is 87.5 Å². The summed E-state index contributed by atoms with van der Waals surface area (Å²) in [6, 6.07) is 8.29. The third kappa shape index (κ3) is 5.23. The summed E-state index contributed by atoms with van der Waals surface area (Å²) in [5.41, 5.74) is 0.409. The number of carbonyl (C=O) groups is 2. The van der Waals surface area contributed by atoms with E-state index in [1.165, 1.54) is 0 Å². The van der Waals surface area contributed by atoms with Crippen LogP contribution in [0.25, 0.3) is 0 Å². The molecular weight excluding hydrogens is 296 g/mol. The van der Waals surface area contributed by atoms with Gasteiger partial charge in [-0.2, -0.15) is 0 Å². The summed E-state index contributed by atoms with van der Waals surface area (Å²) < 4.78 is 5.14. The molecule has 2 aromatic heterocycles. The Morgan fingerprint density at radius 2 is 1.78 bits per heavy atom. The van der Waals surface area contributed by atoms with E-state index in [0.717, 1.165) is 6.54 Å². The smallest absolute Gasteiger partial charge is 0.270 e. The van der Waals surface area contributed by atoms with E-state index in [1.807, 2.05) is 19.0 Å². The minimum atomic E-state index is -0.357. The normalized spacial score (nSPS) is 10.6. The Bertz CT molecular complexity index is 653. The van der Waals surface area contributed by atoms with Crippen molar-refractivity contribution >= 4 is 11.8 Å². The molecule has 2 aromatic rings. The summed E-state index contributed by atoms with van der Waals surface area (Å²) >= 11 is 0. The number of amides is 2. The number of furan rings is 1. The quantitative estimate of drug-likeness (QED) is 0.792. The maximum absolute atomic E-state index is 12.1. The van der Waals surface area contributed by atoms with Gasteiger partial charge in [0.15, 0.2) is 0 Å². The van der Waals surface area contributed by atoms with Crippen LogP contribution in [0.5, 0.6) is 0 Å². The van der Waals surface area contributed by atoms with Gasteiger partial charge >= 0.3 is 0 Å². The lowest BCUT2D eigenvalue weighted by Gasteiger charge is -2.10. The maximum Gasteiger partial charge on any atom is 0.270 e. The van der Waals surface area contributed by atoms with Crippen LogP contribution in [0.1, 0.15) is 26.7 Å². The van der Waals surface area contributed by atoms with Crippen LogP contribution < -0.4 is 10.6 Å². The monoisotopic (exact) mass is 316 g/mol. The molecule has 7 nitrogen and oxygen atoms in total. The summed E-state index contributed by atoms with van der Waals surface area (Å²) in [4.78, 5) is 30.1. The van der Waals surface area contributed by atoms with Crippen molar-refractivity contribution in [2.45, 2.75) is 6.54 Å². The molecule has 0 radical (unpaired) electrons. The Morgan fingerprint density at radius 1 is 1.09 bits per heavy atom. The number of likely N-dealkylation sites (N-methyl/N-ethyl adjacent to an activating group) is 1. The van der Waals surface area contributed by atoms with Crippen molar-refractivity contribution in [3.8, 4) is 0 Å². The van der Waals surface area contributed by atoms with E-state index >= 15 is 0 Å². The molecule has 0 fully saturated rings. The molecule has 0 unspecified atom stereocenters. The predicted molar refractivity (Wildman–Crippen MR) is 85.0 cm³/mol. The van der Waals surface area contributed by atoms with E-state index in [9.17, 15) is 9.59 Å². The van der Waals surface area contributed by atoms with E-state index < -0.39 is 0 Å². The average molecular weight is 316 g/mol. The molecule has 0 aromatic carbocycles. The Hall–Kier alpha value is -2.67. The molecule has 0 saturated heterocycles. The van der Waals surface area contributed by atoms with Crippen LogP contribution in [0, 0.1) is 0 Å². The second-order valence-electron chi connectivity index (χ2n) is 5.23. The molecule has 2 N–H and O–H groups in total. The highest BCUT2D eigenvalue weighted by atomic mass is 16.3. The summed E-state index contributed by atoms with van der Waals surface area (Å²) in [5.74, 6) is -0.00666. The summed E-state index contributed by atoms with van der Waals surface area (Å²) in [6.07, 6.45) is 1.54. The first-order valence-corrected chi connectivity index (χ1v) is 7.27. The van der Waals surface area contributed by atoms with Crippen molar-refractivity contribution < 1.29 is 14.0 Å². The van der Waals surface area contributed by atoms with E-state index in [-0.39, 0.29) is 29.7 Å². The van der Waals surface area contributed by atoms with Gasteiger partial charge in [0.2, 0.25) is 0 Å². The SMILES string of the molecule is CN(C)CCNC(=O)c1cccc(C(=O)NCc2ccco2)n1. The first-order valence-electron chi connectivity index (χ1n) is 7.27. The van der Waals surface area contributed by atoms with E-state index in [1.54, 1.807) is 36.6 Å². The highest BCUT2D eigenvalue weighted by Crippen LogP contribution is 2.02. The van der Waals surface area contributed by atoms with Crippen molar-refractivity contribution in [1.29, 1.82) is 0 Å². The van der Waals surface area contributed by atoms with Gasteiger partial charge in [0.1, 0.15) is 17.1 Å². The fourth-order valence-electron chi connectivity index (χ4n) is 1.84. The Kier molecular flexibility index (Phi) is 5.87. The molecule has 2 amide bonds. The number of hydrogen-bond acceptors (Lipinski definition) is 5. The highest BCUT2D eigenvalue weighted by molar-refractivity contribution is 5.96. The summed E-state index contributed by atoms with van der Waals surface area (Å²) in [5, 5.41) is 5.45. The largest absolute Gasteiger partial charge is 0.467 e. The molecule has 23 heavy (non-hydrogen) atoms. The fourth-order valence-corrected chi connectivity index (χ4v) is 1.84. The zero-order valence-corrected chi connectivity index (χ0v) is 13.2. The Labute approximate surface area is 134 Å². The lowest BCUT2D eigenvalue weighted by atomic mass is 10.2. The lowest BCUT2D eigenvalue weighted by molar-refractivity contribution is 0.0940. The van der Waals surface area contributed by atoms with Gasteiger partial charge < -0.3 is 20.0 Å². The van der Waals surface area contributed by atoms with Crippen LogP contribution in [-0.4, -0.2) is 48.9 Å². The number of nitrogens with zero attached hydrogens (tertiary/aromatic N) is 2. The van der Waals surface area contributed by atoms with Gasteiger partial charge in [-0.15, -0.1) is 0 Å². The number of carbonyl (C=O) groups excluding carboxylic acids is 2. The molecule has 0 saturated carbocycles. The Morgan fingerprint density at radius 3 is 2.39 bits per heavy atom. The summed E-state index contributed by atoms with van der Waals surface area (Å²) in [7, 11) is 3.85. The van der Waals surface area contributed by atoms with Crippen LogP contribution in [-0.2, 0) is 6.54 Å². The second kappa shape index (κ2) is 8.09. The molecule has 0 aliphatic heterocycles. The lowest BCUT2D eigenvalue weighted by Crippen LogP contribution is -2.32. The van der Waals surface area contributed by atoms with Crippen LogP contribution >= 0.6 is 0 Å². The third-order valence-electron chi connectivity index (χ3n) is 3.06. The van der Waals surface area contributed by atoms with Gasteiger partial charge in [-0.1, -0.05) is 6.07 Å². The fraction of sp³-hybridized carbons (Fsp3) is 0.312. The Balaban J connectivity index is 1.92. The third-order valence-corrected chi connectivity index (χ3v) is 3.06. The van der Waals surface area contributed by atoms with Gasteiger partial charge in [0, 0.05) is 13.1 Å². The van der Waals surface area contributed by atoms with Gasteiger partial charge in [0.25, 0.3) is 11.8 Å². The molecule has 0 spiro atoms. The first-order chi connectivity index (χ1) is 11.1. The van der Waals surface area contributed by atoms with Crippen molar-refractivity contribution in [2.24, 2.45) is 0 Å². The van der Waals surface area contributed by atoms with Crippen molar-refractivity contribution in [3.05, 3.63) is 53.7 Å². The molecule has 0 aliphatic rings. The zero-order chi connectivity index (χ0) is 16.7. The standard InChI is InChI=1S/C16H20N4O3/c1-20(2)9-8-17-15(21)13-6-3-7-14(19-13)16(22)18-11-12-5-4-10-23-12/h3-7,10H,8-9,11H2,1-2H3,(H,17,21)(H,18,22). The summed E-state index contributed by atoms with van der Waals surface area (Å²) in [6.45, 7) is 1.52. The highest BCUT2D eigenvalue weighted by Gasteiger charge is 2.12. The van der Waals surface area contributed by atoms with E-state index in [2.05, 4.69) is 15.6 Å². The van der Waals surface area contributed by atoms with Crippen molar-refractivity contribution in [2.75, 3.05) is 27.2 Å². The second-order valence-corrected chi connectivity index (χ2v) is 5.23. The number of aromatic nitrogens is 1. The number of pyridine rings is 1. The molecule has 0 atom stereocenters. The van der Waals surface area contributed by atoms with Gasteiger partial charge in [-0.05, 0) is 38.4 Å².